The summed E-state index contributed by atoms with van der Waals surface area (Å²) in [5.74, 6) is 1.30. The summed E-state index contributed by atoms with van der Waals surface area (Å²) in [5, 5.41) is 7.00. The molecule has 0 bridgehead atoms. The zero-order valence-corrected chi connectivity index (χ0v) is 10.4. The van der Waals surface area contributed by atoms with E-state index in [0.29, 0.717) is 5.89 Å². The van der Waals surface area contributed by atoms with E-state index in [1.54, 1.807) is 0 Å². The van der Waals surface area contributed by atoms with Crippen molar-refractivity contribution in [3.63, 3.8) is 0 Å². The third kappa shape index (κ3) is 2.81. The van der Waals surface area contributed by atoms with Gasteiger partial charge in [0.1, 0.15) is 0 Å². The Kier molecular flexibility index (Phi) is 3.93. The maximum Gasteiger partial charge on any atom is 0.268 e. The van der Waals surface area contributed by atoms with Crippen LogP contribution in [0.15, 0.2) is 16.7 Å². The minimum atomic E-state index is 0.552. The third-order valence-electron chi connectivity index (χ3n) is 2.08. The molecule has 86 valence electrons. The molecule has 0 aliphatic heterocycles. The first kappa shape index (κ1) is 11.6. The van der Waals surface area contributed by atoms with E-state index < -0.39 is 0 Å². The topological polar surface area (TPSA) is 51.0 Å². The van der Waals surface area contributed by atoms with Gasteiger partial charge in [-0.2, -0.15) is 4.98 Å². The van der Waals surface area contributed by atoms with Crippen LogP contribution in [0.4, 0.5) is 0 Å². The second-order valence-electron chi connectivity index (χ2n) is 3.33. The number of nitrogens with zero attached hydrogens (tertiary/aromatic N) is 2. The van der Waals surface area contributed by atoms with Crippen molar-refractivity contribution in [2.24, 2.45) is 0 Å². The number of halogens is 1. The fourth-order valence-corrected chi connectivity index (χ4v) is 2.27. The molecule has 0 atom stereocenters. The van der Waals surface area contributed by atoms with Gasteiger partial charge in [0.05, 0.1) is 9.21 Å². The van der Waals surface area contributed by atoms with Gasteiger partial charge in [-0.05, 0) is 32.1 Å². The molecule has 0 fully saturated rings. The quantitative estimate of drug-likeness (QED) is 0.837. The average molecular weight is 258 g/mol. The largest absolute Gasteiger partial charge is 0.333 e. The predicted octanol–water partition coefficient (Wildman–Crippen LogP) is 2.60. The van der Waals surface area contributed by atoms with Gasteiger partial charge < -0.3 is 9.84 Å². The number of rotatable bonds is 5. The van der Waals surface area contributed by atoms with Crippen molar-refractivity contribution in [3.05, 3.63) is 22.3 Å². The minimum absolute atomic E-state index is 0.552. The number of aryl methyl sites for hydroxylation is 1. The van der Waals surface area contributed by atoms with Gasteiger partial charge >= 0.3 is 0 Å². The van der Waals surface area contributed by atoms with E-state index in [1.165, 1.54) is 11.3 Å². The number of thiophene rings is 1. The lowest BCUT2D eigenvalue weighted by Crippen LogP contribution is -2.08. The molecule has 2 heterocycles. The highest BCUT2D eigenvalue weighted by molar-refractivity contribution is 7.19. The smallest absolute Gasteiger partial charge is 0.268 e. The van der Waals surface area contributed by atoms with Gasteiger partial charge in [-0.1, -0.05) is 16.8 Å². The minimum Gasteiger partial charge on any atom is -0.333 e. The SMILES string of the molecule is CNCCCc1noc(-c2ccc(Cl)s2)n1. The van der Waals surface area contributed by atoms with Gasteiger partial charge in [-0.3, -0.25) is 0 Å². The normalized spacial score (nSPS) is 10.9. The van der Waals surface area contributed by atoms with E-state index in [1.807, 2.05) is 19.2 Å². The molecule has 2 aromatic heterocycles. The highest BCUT2D eigenvalue weighted by atomic mass is 35.5. The van der Waals surface area contributed by atoms with Crippen molar-refractivity contribution in [2.45, 2.75) is 12.8 Å². The second-order valence-corrected chi connectivity index (χ2v) is 5.04. The summed E-state index contributed by atoms with van der Waals surface area (Å²) in [4.78, 5) is 5.23. The molecule has 0 unspecified atom stereocenters. The monoisotopic (exact) mass is 257 g/mol. The summed E-state index contributed by atoms with van der Waals surface area (Å²) in [6.45, 7) is 0.953. The molecule has 0 aromatic carbocycles. The first-order valence-corrected chi connectivity index (χ1v) is 6.22. The van der Waals surface area contributed by atoms with Crippen LogP contribution in [-0.4, -0.2) is 23.7 Å². The molecule has 16 heavy (non-hydrogen) atoms. The van der Waals surface area contributed by atoms with E-state index in [4.69, 9.17) is 16.1 Å². The summed E-state index contributed by atoms with van der Waals surface area (Å²) < 4.78 is 5.89. The molecular weight excluding hydrogens is 246 g/mol. The van der Waals surface area contributed by atoms with Crippen LogP contribution in [0.5, 0.6) is 0 Å². The lowest BCUT2D eigenvalue weighted by atomic mass is 10.3. The Morgan fingerprint density at radius 3 is 3.06 bits per heavy atom. The molecule has 0 radical (unpaired) electrons. The first-order valence-electron chi connectivity index (χ1n) is 5.02. The van der Waals surface area contributed by atoms with E-state index in [-0.39, 0.29) is 0 Å². The van der Waals surface area contributed by atoms with Crippen LogP contribution >= 0.6 is 22.9 Å². The van der Waals surface area contributed by atoms with Crippen LogP contribution in [0, 0.1) is 0 Å². The van der Waals surface area contributed by atoms with Gasteiger partial charge in [0, 0.05) is 6.42 Å². The molecule has 0 aliphatic carbocycles. The van der Waals surface area contributed by atoms with Crippen molar-refractivity contribution < 1.29 is 4.52 Å². The molecule has 0 amide bonds. The van der Waals surface area contributed by atoms with Crippen molar-refractivity contribution in [1.29, 1.82) is 0 Å². The molecule has 2 aromatic rings. The van der Waals surface area contributed by atoms with E-state index in [2.05, 4.69) is 15.5 Å². The Morgan fingerprint density at radius 2 is 2.38 bits per heavy atom. The van der Waals surface area contributed by atoms with Crippen molar-refractivity contribution in [3.8, 4) is 10.8 Å². The number of aromatic nitrogens is 2. The van der Waals surface area contributed by atoms with Gasteiger partial charge in [0.15, 0.2) is 5.82 Å². The van der Waals surface area contributed by atoms with Crippen LogP contribution in [0.3, 0.4) is 0 Å². The summed E-state index contributed by atoms with van der Waals surface area (Å²) in [6, 6.07) is 3.71. The van der Waals surface area contributed by atoms with Crippen LogP contribution in [0.1, 0.15) is 12.2 Å². The van der Waals surface area contributed by atoms with Gasteiger partial charge in [0.25, 0.3) is 5.89 Å². The summed E-state index contributed by atoms with van der Waals surface area (Å²) in [7, 11) is 1.93. The van der Waals surface area contributed by atoms with E-state index >= 15 is 0 Å². The highest BCUT2D eigenvalue weighted by Gasteiger charge is 2.10. The lowest BCUT2D eigenvalue weighted by Gasteiger charge is -1.93. The van der Waals surface area contributed by atoms with E-state index in [9.17, 15) is 0 Å². The zero-order valence-electron chi connectivity index (χ0n) is 8.86. The zero-order chi connectivity index (χ0) is 11.4. The lowest BCUT2D eigenvalue weighted by molar-refractivity contribution is 0.422. The van der Waals surface area contributed by atoms with Crippen molar-refractivity contribution in [2.75, 3.05) is 13.6 Å². The summed E-state index contributed by atoms with van der Waals surface area (Å²) in [6.07, 6.45) is 1.82. The fourth-order valence-electron chi connectivity index (χ4n) is 1.31. The predicted molar refractivity (Wildman–Crippen MR) is 64.9 cm³/mol. The third-order valence-corrected chi connectivity index (χ3v) is 3.30. The van der Waals surface area contributed by atoms with Gasteiger partial charge in [-0.15, -0.1) is 11.3 Å². The second kappa shape index (κ2) is 5.43. The van der Waals surface area contributed by atoms with Crippen LogP contribution in [0.2, 0.25) is 4.34 Å². The number of nitrogens with one attached hydrogen (secondary N) is 1. The number of hydrogen-bond donors (Lipinski definition) is 1. The average Bonchev–Trinajstić information content (AvgIpc) is 2.87. The van der Waals surface area contributed by atoms with Crippen molar-refractivity contribution >= 4 is 22.9 Å². The van der Waals surface area contributed by atoms with Crippen LogP contribution in [-0.2, 0) is 6.42 Å². The van der Waals surface area contributed by atoms with Gasteiger partial charge in [0.2, 0.25) is 0 Å². The van der Waals surface area contributed by atoms with Gasteiger partial charge in [-0.25, -0.2) is 0 Å². The molecule has 2 rings (SSSR count). The number of hydrogen-bond acceptors (Lipinski definition) is 5. The Balaban J connectivity index is 2.02. The molecule has 4 nitrogen and oxygen atoms in total. The Hall–Kier alpha value is -0.910. The Bertz CT molecular complexity index is 454. The maximum atomic E-state index is 5.84. The van der Waals surface area contributed by atoms with E-state index in [0.717, 1.165) is 34.4 Å². The van der Waals surface area contributed by atoms with Crippen LogP contribution < -0.4 is 5.32 Å². The summed E-state index contributed by atoms with van der Waals surface area (Å²) in [5.41, 5.74) is 0. The molecule has 0 saturated heterocycles. The molecule has 0 saturated carbocycles. The molecule has 0 aliphatic rings. The molecule has 6 heteroatoms. The fraction of sp³-hybridized carbons (Fsp3) is 0.400. The Morgan fingerprint density at radius 1 is 1.50 bits per heavy atom. The first-order chi connectivity index (χ1) is 7.79. The summed E-state index contributed by atoms with van der Waals surface area (Å²) >= 11 is 7.28. The Labute approximate surface area is 103 Å². The molecule has 1 N–H and O–H groups in total. The standard InChI is InChI=1S/C10H12ClN3OS/c1-12-6-2-3-9-13-10(15-14-9)7-4-5-8(11)16-7/h4-5,12H,2-3,6H2,1H3. The maximum absolute atomic E-state index is 5.84. The highest BCUT2D eigenvalue weighted by Crippen LogP contribution is 2.29. The molecule has 0 spiro atoms. The van der Waals surface area contributed by atoms with Crippen molar-refractivity contribution in [1.82, 2.24) is 15.5 Å². The van der Waals surface area contributed by atoms with Crippen LogP contribution in [0.25, 0.3) is 10.8 Å². The molecular formula is C10H12ClN3OS.